The van der Waals surface area contributed by atoms with Gasteiger partial charge in [-0.1, -0.05) is 159 Å². The molecule has 11 rings (SSSR count). The van der Waals surface area contributed by atoms with Crippen molar-refractivity contribution in [2.45, 2.75) is 89.8 Å². The zero-order valence-corrected chi connectivity index (χ0v) is 36.3. The third-order valence-electron chi connectivity index (χ3n) is 16.9. The summed E-state index contributed by atoms with van der Waals surface area (Å²) >= 11 is 0. The van der Waals surface area contributed by atoms with E-state index in [1.54, 1.807) is 0 Å². The molecule has 0 aliphatic heterocycles. The Balaban J connectivity index is 0.990. The van der Waals surface area contributed by atoms with Crippen molar-refractivity contribution in [2.75, 3.05) is 19.7 Å². The maximum absolute atomic E-state index is 15.3. The number of aliphatic hydroxyl groups excluding tert-OH is 2. The number of Topliss-reactive ketones (excluding diaryl/α,β-unsaturated/α-hetero) is 1. The Morgan fingerprint density at radius 2 is 1.42 bits per heavy atom. The molecule has 6 aliphatic rings. The zero-order valence-electron chi connectivity index (χ0n) is 36.3. The molecule has 3 saturated carbocycles. The van der Waals surface area contributed by atoms with Gasteiger partial charge in [0.2, 0.25) is 0 Å². The first-order valence-corrected chi connectivity index (χ1v) is 23.0. The monoisotopic (exact) mass is 827 g/mol. The van der Waals surface area contributed by atoms with Crippen LogP contribution < -0.4 is 0 Å². The van der Waals surface area contributed by atoms with Gasteiger partial charge in [0, 0.05) is 47.0 Å². The van der Waals surface area contributed by atoms with Gasteiger partial charge in [-0.2, -0.15) is 0 Å². The molecule has 6 aliphatic carbocycles. The predicted molar refractivity (Wildman–Crippen MR) is 246 cm³/mol. The van der Waals surface area contributed by atoms with Crippen molar-refractivity contribution in [2.24, 2.45) is 33.5 Å². The van der Waals surface area contributed by atoms with Crippen molar-refractivity contribution in [3.8, 4) is 11.1 Å². The number of benzene rings is 5. The van der Waals surface area contributed by atoms with Crippen LogP contribution >= 0.6 is 0 Å². The molecule has 5 aromatic carbocycles. The van der Waals surface area contributed by atoms with Crippen LogP contribution in [0, 0.1) is 33.5 Å². The van der Waals surface area contributed by atoms with Crippen molar-refractivity contribution >= 4 is 16.6 Å². The minimum absolute atomic E-state index is 0.0225. The molecule has 0 amide bonds. The van der Waals surface area contributed by atoms with E-state index in [9.17, 15) is 15.3 Å². The van der Waals surface area contributed by atoms with Crippen LogP contribution in [0.1, 0.15) is 80.3 Å². The summed E-state index contributed by atoms with van der Waals surface area (Å²) in [4.78, 5) is 17.6. The first-order valence-electron chi connectivity index (χ1n) is 23.0. The van der Waals surface area contributed by atoms with E-state index in [0.29, 0.717) is 44.6 Å². The molecule has 2 spiro atoms. The number of carbonyl (C=O) groups excluding carboxylic acids is 1. The highest BCUT2D eigenvalue weighted by Crippen LogP contribution is 2.78. The molecule has 1 unspecified atom stereocenters. The summed E-state index contributed by atoms with van der Waals surface area (Å²) in [5.74, 6) is 0.293. The third kappa shape index (κ3) is 6.68. The Morgan fingerprint density at radius 3 is 2.21 bits per heavy atom. The molecule has 3 N–H and O–H groups in total. The van der Waals surface area contributed by atoms with Crippen LogP contribution in [-0.2, 0) is 17.9 Å². The lowest BCUT2D eigenvalue weighted by Gasteiger charge is -2.71. The molecule has 6 nitrogen and oxygen atoms in total. The van der Waals surface area contributed by atoms with E-state index in [0.717, 1.165) is 59.9 Å². The molecule has 0 saturated heterocycles. The SMILES string of the molecule is C[C@]12CC[C@H]3[C@]4(C=C[C@@]5(C=C4C(=O)c4ccc(-c6ccccc6)cc4)CC(O)CC[C@]35C)[C@@H]1CC[C@@]2(O)CN(Cc1cccc2ccccc12)C[C@@H](O)COCc1ccccc1. The molecule has 2 bridgehead atoms. The van der Waals surface area contributed by atoms with Crippen LogP contribution in [0.3, 0.4) is 0 Å². The molecule has 62 heavy (non-hydrogen) atoms. The number of hydrogen-bond donors (Lipinski definition) is 3. The van der Waals surface area contributed by atoms with Crippen molar-refractivity contribution in [3.05, 3.63) is 168 Å². The van der Waals surface area contributed by atoms with Crippen LogP contribution in [0.15, 0.2) is 151 Å². The Labute approximate surface area is 367 Å². The van der Waals surface area contributed by atoms with E-state index >= 15 is 4.79 Å². The van der Waals surface area contributed by atoms with E-state index < -0.39 is 34.1 Å². The van der Waals surface area contributed by atoms with Gasteiger partial charge in [0.1, 0.15) is 0 Å². The Hall–Kier alpha value is -4.69. The van der Waals surface area contributed by atoms with Gasteiger partial charge in [0.15, 0.2) is 5.78 Å². The maximum Gasteiger partial charge on any atom is 0.189 e. The van der Waals surface area contributed by atoms with Crippen LogP contribution in [0.2, 0.25) is 0 Å². The van der Waals surface area contributed by atoms with Gasteiger partial charge < -0.3 is 20.1 Å². The number of aliphatic hydroxyl groups is 3. The summed E-state index contributed by atoms with van der Waals surface area (Å²) in [5, 5.41) is 38.6. The van der Waals surface area contributed by atoms with Gasteiger partial charge in [-0.15, -0.1) is 0 Å². The second kappa shape index (κ2) is 15.8. The lowest BCUT2D eigenvalue weighted by Crippen LogP contribution is -2.67. The summed E-state index contributed by atoms with van der Waals surface area (Å²) in [6, 6.07) is 43.2. The number of rotatable bonds is 13. The molecule has 0 radical (unpaired) electrons. The minimum Gasteiger partial charge on any atom is -0.393 e. The first-order chi connectivity index (χ1) is 30.0. The number of hydrogen-bond acceptors (Lipinski definition) is 6. The molecular weight excluding hydrogens is 767 g/mol. The average molecular weight is 828 g/mol. The standard InChI is InChI=1S/C56H61NO5/c1-52-27-24-45(58)32-54(52)30-31-56(48(33-54)51(60)43-22-20-41(21-23-43)40-14-7-4-8-15-40)49(52)25-28-53(2)50(56)26-29-55(53,61)38-57(34-44-18-11-17-42-16-9-10-19-47(42)44)35-46(59)37-62-36-39-12-5-3-6-13-39/h3-23,30-31,33,45-46,49-50,58-59,61H,24-29,32,34-38H2,1-2H3/t45?,46-,49-,50-,52-,53+,54+,55-,56-/m1/s1. The quantitative estimate of drug-likeness (QED) is 0.0809. The largest absolute Gasteiger partial charge is 0.393 e. The van der Waals surface area contributed by atoms with E-state index in [1.165, 1.54) is 10.8 Å². The van der Waals surface area contributed by atoms with E-state index in [1.807, 2.05) is 60.7 Å². The molecule has 0 heterocycles. The highest BCUT2D eigenvalue weighted by Gasteiger charge is 2.74. The number of fused-ring (bicyclic) bond motifs is 2. The topological polar surface area (TPSA) is 90.2 Å². The van der Waals surface area contributed by atoms with Gasteiger partial charge in [-0.25, -0.2) is 0 Å². The first kappa shape index (κ1) is 41.3. The fourth-order valence-electron chi connectivity index (χ4n) is 13.7. The molecule has 320 valence electrons. The third-order valence-corrected chi connectivity index (χ3v) is 16.9. The number of carbonyl (C=O) groups is 1. The molecule has 6 heteroatoms. The van der Waals surface area contributed by atoms with Crippen molar-refractivity contribution in [3.63, 3.8) is 0 Å². The normalized spacial score (nSPS) is 32.5. The number of ketones is 1. The maximum atomic E-state index is 15.3. The predicted octanol–water partition coefficient (Wildman–Crippen LogP) is 10.4. The summed E-state index contributed by atoms with van der Waals surface area (Å²) < 4.78 is 6.05. The number of ether oxygens (including phenoxy) is 1. The zero-order chi connectivity index (χ0) is 42.7. The van der Waals surface area contributed by atoms with Crippen molar-refractivity contribution < 1.29 is 24.9 Å². The summed E-state index contributed by atoms with van der Waals surface area (Å²) in [5.41, 5.74) is 3.29. The molecule has 3 fully saturated rings. The molecule has 0 aromatic heterocycles. The van der Waals surface area contributed by atoms with Crippen molar-refractivity contribution in [1.82, 2.24) is 4.90 Å². The lowest BCUT2D eigenvalue weighted by molar-refractivity contribution is -0.177. The minimum atomic E-state index is -1.08. The average Bonchev–Trinajstić information content (AvgIpc) is 3.56. The van der Waals surface area contributed by atoms with Crippen LogP contribution in [-0.4, -0.2) is 63.5 Å². The van der Waals surface area contributed by atoms with Gasteiger partial charge in [-0.05, 0) is 95.2 Å². The summed E-state index contributed by atoms with van der Waals surface area (Å²) in [6.07, 6.45) is 11.4. The second-order valence-corrected chi connectivity index (χ2v) is 20.0. The van der Waals surface area contributed by atoms with Gasteiger partial charge in [0.25, 0.3) is 0 Å². The lowest BCUT2D eigenvalue weighted by atomic mass is 9.32. The number of allylic oxidation sites excluding steroid dienone is 4. The smallest absolute Gasteiger partial charge is 0.189 e. The van der Waals surface area contributed by atoms with Gasteiger partial charge >= 0.3 is 0 Å². The highest BCUT2D eigenvalue weighted by atomic mass is 16.5. The number of nitrogens with zero attached hydrogens (tertiary/aromatic N) is 1. The van der Waals surface area contributed by atoms with Crippen molar-refractivity contribution in [1.29, 1.82) is 0 Å². The fourth-order valence-corrected chi connectivity index (χ4v) is 13.7. The van der Waals surface area contributed by atoms with Crippen LogP contribution in [0.25, 0.3) is 21.9 Å². The van der Waals surface area contributed by atoms with E-state index in [4.69, 9.17) is 4.74 Å². The summed E-state index contributed by atoms with van der Waals surface area (Å²) in [7, 11) is 0. The second-order valence-electron chi connectivity index (χ2n) is 20.0. The molecular formula is C56H61NO5. The summed E-state index contributed by atoms with van der Waals surface area (Å²) in [6.45, 7) is 6.66. The van der Waals surface area contributed by atoms with Gasteiger partial charge in [-0.3, -0.25) is 9.69 Å². The van der Waals surface area contributed by atoms with Crippen LogP contribution in [0.5, 0.6) is 0 Å². The Kier molecular flexibility index (Phi) is 10.6. The molecule has 9 atom stereocenters. The molecule has 5 aromatic rings. The Morgan fingerprint density at radius 1 is 0.758 bits per heavy atom. The van der Waals surface area contributed by atoms with Crippen LogP contribution in [0.4, 0.5) is 0 Å². The highest BCUT2D eigenvalue weighted by molar-refractivity contribution is 6.10. The van der Waals surface area contributed by atoms with Gasteiger partial charge in [0.05, 0.1) is 31.0 Å². The van der Waals surface area contributed by atoms with E-state index in [-0.39, 0.29) is 29.6 Å². The van der Waals surface area contributed by atoms with E-state index in [2.05, 4.69) is 104 Å². The Bertz CT molecular complexity index is 2500. The fraction of sp³-hybridized carbons (Fsp3) is 0.411.